The smallest absolute Gasteiger partial charge is 0.333 e. The second-order valence-electron chi connectivity index (χ2n) is 5.01. The summed E-state index contributed by atoms with van der Waals surface area (Å²) in [7, 11) is 0. The van der Waals surface area contributed by atoms with Gasteiger partial charge in [-0.05, 0) is 34.2 Å². The topological polar surface area (TPSA) is 65.1 Å². The Balaban J connectivity index is 2.97. The van der Waals surface area contributed by atoms with Crippen LogP contribution in [0.3, 0.4) is 0 Å². The van der Waals surface area contributed by atoms with E-state index in [0.29, 0.717) is 18.4 Å². The first-order valence-electron chi connectivity index (χ1n) is 5.85. The van der Waals surface area contributed by atoms with E-state index in [9.17, 15) is 14.9 Å². The van der Waals surface area contributed by atoms with E-state index in [0.717, 1.165) is 6.42 Å². The molecule has 1 atom stereocenters. The molecule has 0 spiro atoms. The first-order valence-corrected chi connectivity index (χ1v) is 6.64. The minimum Gasteiger partial charge on any atom is -0.347 e. The van der Waals surface area contributed by atoms with Crippen molar-refractivity contribution < 1.29 is 4.92 Å². The molecule has 0 unspecified atom stereocenters. The molecule has 0 saturated carbocycles. The van der Waals surface area contributed by atoms with Crippen molar-refractivity contribution in [3.05, 3.63) is 37.2 Å². The van der Waals surface area contributed by atoms with Gasteiger partial charge >= 0.3 is 5.69 Å². The molecule has 1 heterocycles. The van der Waals surface area contributed by atoms with Crippen molar-refractivity contribution in [1.82, 2.24) is 4.57 Å². The Morgan fingerprint density at radius 3 is 2.50 bits per heavy atom. The van der Waals surface area contributed by atoms with Crippen molar-refractivity contribution in [1.29, 1.82) is 0 Å². The molecule has 0 fully saturated rings. The monoisotopic (exact) mass is 316 g/mol. The summed E-state index contributed by atoms with van der Waals surface area (Å²) in [6, 6.07) is 0. The van der Waals surface area contributed by atoms with E-state index in [1.165, 1.54) is 6.20 Å². The van der Waals surface area contributed by atoms with E-state index in [-0.39, 0.29) is 10.2 Å². The maximum atomic E-state index is 11.5. The van der Waals surface area contributed by atoms with Crippen molar-refractivity contribution >= 4 is 21.6 Å². The van der Waals surface area contributed by atoms with Gasteiger partial charge in [0, 0.05) is 12.7 Å². The lowest BCUT2D eigenvalue weighted by Gasteiger charge is -2.16. The average Bonchev–Trinajstić information content (AvgIpc) is 2.21. The van der Waals surface area contributed by atoms with Crippen LogP contribution in [0, 0.1) is 22.0 Å². The van der Waals surface area contributed by atoms with Crippen molar-refractivity contribution in [3.8, 4) is 0 Å². The third-order valence-electron chi connectivity index (χ3n) is 2.61. The summed E-state index contributed by atoms with van der Waals surface area (Å²) in [5.41, 5.74) is -0.964. The number of rotatable bonds is 5. The van der Waals surface area contributed by atoms with Crippen LogP contribution in [-0.4, -0.2) is 9.49 Å². The Labute approximate surface area is 114 Å². The Morgan fingerprint density at radius 2 is 2.00 bits per heavy atom. The van der Waals surface area contributed by atoms with E-state index in [4.69, 9.17) is 0 Å². The van der Waals surface area contributed by atoms with Crippen LogP contribution >= 0.6 is 15.9 Å². The third-order valence-corrected chi connectivity index (χ3v) is 3.17. The number of hydrogen-bond donors (Lipinski definition) is 0. The van der Waals surface area contributed by atoms with Gasteiger partial charge in [0.25, 0.3) is 5.43 Å². The summed E-state index contributed by atoms with van der Waals surface area (Å²) >= 11 is 3.07. The van der Waals surface area contributed by atoms with Gasteiger partial charge in [0.2, 0.25) is 0 Å². The highest BCUT2D eigenvalue weighted by atomic mass is 79.9. The SMILES string of the molecule is CC(C)C[C@H](C)Cn1cc(Br)c(=O)c([N+](=O)[O-])c1. The fraction of sp³-hybridized carbons (Fsp3) is 0.583. The van der Waals surface area contributed by atoms with Crippen molar-refractivity contribution in [2.75, 3.05) is 0 Å². The molecule has 1 aromatic heterocycles. The molecule has 0 saturated heterocycles. The number of hydrogen-bond acceptors (Lipinski definition) is 3. The molecule has 5 nitrogen and oxygen atoms in total. The molecule has 0 aliphatic heterocycles. The normalized spacial score (nSPS) is 12.7. The maximum absolute atomic E-state index is 11.5. The molecule has 6 heteroatoms. The molecule has 0 aromatic carbocycles. The zero-order valence-corrected chi connectivity index (χ0v) is 12.3. The molecule has 0 radical (unpaired) electrons. The van der Waals surface area contributed by atoms with Gasteiger partial charge in [-0.25, -0.2) is 0 Å². The van der Waals surface area contributed by atoms with Gasteiger partial charge in [-0.2, -0.15) is 0 Å². The standard InChI is InChI=1S/C12H17BrN2O3/c1-8(2)4-9(3)5-14-6-10(13)12(16)11(7-14)15(17)18/h6-9H,4-5H2,1-3H3/t9-/m0/s1. The zero-order chi connectivity index (χ0) is 13.9. The Hall–Kier alpha value is -1.17. The van der Waals surface area contributed by atoms with Crippen LogP contribution < -0.4 is 5.43 Å². The number of aromatic nitrogens is 1. The van der Waals surface area contributed by atoms with Gasteiger partial charge in [0.1, 0.15) is 0 Å². The molecule has 18 heavy (non-hydrogen) atoms. The summed E-state index contributed by atoms with van der Waals surface area (Å²) < 4.78 is 1.94. The molecule has 0 N–H and O–H groups in total. The molecular formula is C12H17BrN2O3. The molecule has 0 amide bonds. The number of nitrogens with zero attached hydrogens (tertiary/aromatic N) is 2. The number of pyridine rings is 1. The quantitative estimate of drug-likeness (QED) is 0.619. The summed E-state index contributed by atoms with van der Waals surface area (Å²) in [6.07, 6.45) is 3.95. The fourth-order valence-electron chi connectivity index (χ4n) is 2.05. The van der Waals surface area contributed by atoms with Gasteiger partial charge in [-0.3, -0.25) is 14.9 Å². The van der Waals surface area contributed by atoms with Crippen LogP contribution in [0.25, 0.3) is 0 Å². The second kappa shape index (κ2) is 6.13. The third kappa shape index (κ3) is 3.94. The molecule has 0 bridgehead atoms. The van der Waals surface area contributed by atoms with E-state index in [1.807, 2.05) is 0 Å². The number of halogens is 1. The Bertz CT molecular complexity index is 497. The van der Waals surface area contributed by atoms with E-state index in [2.05, 4.69) is 36.7 Å². The Kier molecular flexibility index (Phi) is 5.07. The van der Waals surface area contributed by atoms with E-state index in [1.54, 1.807) is 10.8 Å². The first kappa shape index (κ1) is 14.9. The van der Waals surface area contributed by atoms with Gasteiger partial charge < -0.3 is 4.57 Å². The molecule has 1 rings (SSSR count). The molecule has 0 aliphatic carbocycles. The largest absolute Gasteiger partial charge is 0.347 e. The van der Waals surface area contributed by atoms with Crippen LogP contribution in [0.5, 0.6) is 0 Å². The maximum Gasteiger partial charge on any atom is 0.333 e. The van der Waals surface area contributed by atoms with Gasteiger partial charge in [0.15, 0.2) is 0 Å². The van der Waals surface area contributed by atoms with Crippen LogP contribution in [-0.2, 0) is 6.54 Å². The van der Waals surface area contributed by atoms with Crippen LogP contribution in [0.4, 0.5) is 5.69 Å². The van der Waals surface area contributed by atoms with Crippen molar-refractivity contribution in [3.63, 3.8) is 0 Å². The highest BCUT2D eigenvalue weighted by molar-refractivity contribution is 9.10. The predicted octanol–water partition coefficient (Wildman–Crippen LogP) is 3.20. The fourth-order valence-corrected chi connectivity index (χ4v) is 2.52. The minimum atomic E-state index is -0.642. The van der Waals surface area contributed by atoms with Crippen molar-refractivity contribution in [2.24, 2.45) is 11.8 Å². The lowest BCUT2D eigenvalue weighted by molar-refractivity contribution is -0.386. The Morgan fingerprint density at radius 1 is 1.39 bits per heavy atom. The number of nitro groups is 1. The lowest BCUT2D eigenvalue weighted by atomic mass is 9.99. The summed E-state index contributed by atoms with van der Waals surface area (Å²) in [4.78, 5) is 21.6. The highest BCUT2D eigenvalue weighted by Crippen LogP contribution is 2.16. The summed E-state index contributed by atoms with van der Waals surface area (Å²) in [5, 5.41) is 10.8. The minimum absolute atomic E-state index is 0.230. The first-order chi connectivity index (χ1) is 8.31. The predicted molar refractivity (Wildman–Crippen MR) is 73.7 cm³/mol. The van der Waals surface area contributed by atoms with E-state index >= 15 is 0 Å². The molecular weight excluding hydrogens is 300 g/mol. The summed E-state index contributed by atoms with van der Waals surface area (Å²) in [5.74, 6) is 0.983. The lowest BCUT2D eigenvalue weighted by Crippen LogP contribution is -2.16. The molecule has 1 aromatic rings. The van der Waals surface area contributed by atoms with Crippen molar-refractivity contribution in [2.45, 2.75) is 33.7 Å². The average molecular weight is 317 g/mol. The molecule has 100 valence electrons. The van der Waals surface area contributed by atoms with Crippen LogP contribution in [0.2, 0.25) is 0 Å². The van der Waals surface area contributed by atoms with E-state index < -0.39 is 10.4 Å². The van der Waals surface area contributed by atoms with Crippen LogP contribution in [0.15, 0.2) is 21.7 Å². The van der Waals surface area contributed by atoms with Gasteiger partial charge in [0.05, 0.1) is 15.6 Å². The van der Waals surface area contributed by atoms with Gasteiger partial charge in [-0.1, -0.05) is 20.8 Å². The zero-order valence-electron chi connectivity index (χ0n) is 10.7. The van der Waals surface area contributed by atoms with Crippen LogP contribution in [0.1, 0.15) is 27.2 Å². The highest BCUT2D eigenvalue weighted by Gasteiger charge is 2.16. The second-order valence-corrected chi connectivity index (χ2v) is 5.86. The molecule has 0 aliphatic rings. The van der Waals surface area contributed by atoms with Gasteiger partial charge in [-0.15, -0.1) is 0 Å². The summed E-state index contributed by atoms with van der Waals surface area (Å²) in [6.45, 7) is 7.04.